The minimum Gasteiger partial charge on any atom is -0.456 e. The summed E-state index contributed by atoms with van der Waals surface area (Å²) in [5, 5.41) is 0. The molecule has 0 saturated carbocycles. The highest BCUT2D eigenvalue weighted by Crippen LogP contribution is 2.44. The second-order valence-corrected chi connectivity index (χ2v) is 8.19. The zero-order valence-electron chi connectivity index (χ0n) is 16.7. The van der Waals surface area contributed by atoms with E-state index in [2.05, 4.69) is 21.8 Å². The summed E-state index contributed by atoms with van der Waals surface area (Å²) in [6.07, 6.45) is 1.66. The number of rotatable bonds is 2. The van der Waals surface area contributed by atoms with Gasteiger partial charge in [0, 0.05) is 38.7 Å². The molecule has 1 saturated heterocycles. The molecule has 0 aromatic carbocycles. The van der Waals surface area contributed by atoms with Crippen molar-refractivity contribution >= 4 is 17.9 Å². The number of nitrogens with zero attached hydrogens (tertiary/aromatic N) is 4. The number of amides is 1. The molecule has 3 rings (SSSR count). The molecule has 0 N–H and O–H groups in total. The number of aromatic nitrogens is 2. The zero-order chi connectivity index (χ0) is 19.8. The van der Waals surface area contributed by atoms with Crippen LogP contribution in [-0.4, -0.2) is 58.7 Å². The molecule has 0 bridgehead atoms. The first-order valence-corrected chi connectivity index (χ1v) is 9.40. The summed E-state index contributed by atoms with van der Waals surface area (Å²) in [6, 6.07) is 0. The van der Waals surface area contributed by atoms with Gasteiger partial charge in [-0.05, 0) is 33.1 Å². The Morgan fingerprint density at radius 3 is 2.41 bits per heavy atom. The lowest BCUT2D eigenvalue weighted by Crippen LogP contribution is -2.50. The van der Waals surface area contributed by atoms with E-state index in [1.165, 1.54) is 13.3 Å². The SMILES string of the molecule is CC(=O)O[C@H]1C[C@@H](C)c2c1ncnc2N1CCN(C(=O)OC(C)(C)C)CC1. The van der Waals surface area contributed by atoms with Crippen molar-refractivity contribution in [3.63, 3.8) is 0 Å². The van der Waals surface area contributed by atoms with Crippen LogP contribution in [0.1, 0.15) is 64.3 Å². The number of esters is 1. The highest BCUT2D eigenvalue weighted by Gasteiger charge is 2.37. The van der Waals surface area contributed by atoms with Crippen molar-refractivity contribution in [1.29, 1.82) is 0 Å². The van der Waals surface area contributed by atoms with E-state index in [0.29, 0.717) is 26.2 Å². The summed E-state index contributed by atoms with van der Waals surface area (Å²) in [5.41, 5.74) is 1.36. The number of carbonyl (C=O) groups is 2. The first kappa shape index (κ1) is 19.4. The van der Waals surface area contributed by atoms with Crippen LogP contribution in [0, 0.1) is 0 Å². The van der Waals surface area contributed by atoms with E-state index < -0.39 is 5.60 Å². The molecule has 2 heterocycles. The molecule has 8 heteroatoms. The Balaban J connectivity index is 1.72. The predicted molar refractivity (Wildman–Crippen MR) is 99.6 cm³/mol. The average Bonchev–Trinajstić information content (AvgIpc) is 2.89. The minimum absolute atomic E-state index is 0.212. The van der Waals surface area contributed by atoms with Crippen molar-refractivity contribution in [3.8, 4) is 0 Å². The van der Waals surface area contributed by atoms with E-state index in [4.69, 9.17) is 9.47 Å². The van der Waals surface area contributed by atoms with E-state index in [1.807, 2.05) is 20.8 Å². The number of hydrogen-bond acceptors (Lipinski definition) is 7. The van der Waals surface area contributed by atoms with Crippen LogP contribution < -0.4 is 4.90 Å². The van der Waals surface area contributed by atoms with Gasteiger partial charge in [-0.2, -0.15) is 0 Å². The van der Waals surface area contributed by atoms with Crippen LogP contribution in [0.4, 0.5) is 10.6 Å². The summed E-state index contributed by atoms with van der Waals surface area (Å²) in [6.45, 7) is 11.6. The lowest BCUT2D eigenvalue weighted by molar-refractivity contribution is -0.146. The fourth-order valence-electron chi connectivity index (χ4n) is 3.66. The maximum Gasteiger partial charge on any atom is 0.410 e. The highest BCUT2D eigenvalue weighted by atomic mass is 16.6. The van der Waals surface area contributed by atoms with Gasteiger partial charge in [0.05, 0.1) is 5.69 Å². The van der Waals surface area contributed by atoms with Crippen LogP contribution in [0.2, 0.25) is 0 Å². The van der Waals surface area contributed by atoms with Gasteiger partial charge in [0.2, 0.25) is 0 Å². The lowest BCUT2D eigenvalue weighted by atomic mass is 10.1. The molecule has 1 aliphatic heterocycles. The van der Waals surface area contributed by atoms with Gasteiger partial charge in [0.1, 0.15) is 23.9 Å². The van der Waals surface area contributed by atoms with Gasteiger partial charge in [0.15, 0.2) is 0 Å². The molecule has 1 aromatic heterocycles. The summed E-state index contributed by atoms with van der Waals surface area (Å²) in [5.74, 6) is 0.793. The first-order chi connectivity index (χ1) is 12.7. The Labute approximate surface area is 159 Å². The second kappa shape index (κ2) is 7.32. The summed E-state index contributed by atoms with van der Waals surface area (Å²) in [7, 11) is 0. The number of anilines is 1. The van der Waals surface area contributed by atoms with E-state index in [1.54, 1.807) is 4.90 Å². The van der Waals surface area contributed by atoms with E-state index >= 15 is 0 Å². The Hall–Kier alpha value is -2.38. The van der Waals surface area contributed by atoms with Crippen molar-refractivity contribution in [2.45, 2.75) is 58.7 Å². The van der Waals surface area contributed by atoms with Crippen LogP contribution in [0.5, 0.6) is 0 Å². The largest absolute Gasteiger partial charge is 0.456 e. The average molecular weight is 376 g/mol. The van der Waals surface area contributed by atoms with Crippen molar-refractivity contribution < 1.29 is 19.1 Å². The van der Waals surface area contributed by atoms with Crippen molar-refractivity contribution in [1.82, 2.24) is 14.9 Å². The molecule has 1 fully saturated rings. The molecule has 1 aliphatic carbocycles. The van der Waals surface area contributed by atoms with Gasteiger partial charge < -0.3 is 19.3 Å². The van der Waals surface area contributed by atoms with Gasteiger partial charge in [-0.25, -0.2) is 14.8 Å². The summed E-state index contributed by atoms with van der Waals surface area (Å²) < 4.78 is 10.9. The van der Waals surface area contributed by atoms with Crippen LogP contribution in [0.3, 0.4) is 0 Å². The third-order valence-corrected chi connectivity index (χ3v) is 4.80. The van der Waals surface area contributed by atoms with E-state index in [-0.39, 0.29) is 24.1 Å². The van der Waals surface area contributed by atoms with Crippen molar-refractivity contribution in [2.75, 3.05) is 31.1 Å². The fourth-order valence-corrected chi connectivity index (χ4v) is 3.66. The molecule has 1 amide bonds. The number of hydrogen-bond donors (Lipinski definition) is 0. The topological polar surface area (TPSA) is 84.9 Å². The maximum absolute atomic E-state index is 12.3. The molecule has 148 valence electrons. The monoisotopic (exact) mass is 376 g/mol. The molecule has 2 aliphatic rings. The molecule has 0 radical (unpaired) electrons. The molecule has 2 atom stereocenters. The molecular formula is C19H28N4O4. The third kappa shape index (κ3) is 4.31. The van der Waals surface area contributed by atoms with Gasteiger partial charge in [-0.3, -0.25) is 4.79 Å². The summed E-state index contributed by atoms with van der Waals surface area (Å²) >= 11 is 0. The molecule has 0 spiro atoms. The van der Waals surface area contributed by atoms with Crippen LogP contribution in [0.25, 0.3) is 0 Å². The predicted octanol–water partition coefficient (Wildman–Crippen LogP) is 2.65. The van der Waals surface area contributed by atoms with Crippen LogP contribution >= 0.6 is 0 Å². The molecule has 27 heavy (non-hydrogen) atoms. The van der Waals surface area contributed by atoms with Gasteiger partial charge >= 0.3 is 12.1 Å². The quantitative estimate of drug-likeness (QED) is 0.734. The highest BCUT2D eigenvalue weighted by molar-refractivity contribution is 5.69. The van der Waals surface area contributed by atoms with Gasteiger partial charge in [0.25, 0.3) is 0 Å². The Bertz CT molecular complexity index is 723. The normalized spacial score (nSPS) is 22.4. The molecule has 8 nitrogen and oxygen atoms in total. The first-order valence-electron chi connectivity index (χ1n) is 9.40. The molecular weight excluding hydrogens is 348 g/mol. The van der Waals surface area contributed by atoms with Gasteiger partial charge in [-0.1, -0.05) is 6.92 Å². The third-order valence-electron chi connectivity index (χ3n) is 4.80. The molecule has 1 aromatic rings. The van der Waals surface area contributed by atoms with Crippen molar-refractivity contribution in [2.24, 2.45) is 0 Å². The zero-order valence-corrected chi connectivity index (χ0v) is 16.7. The van der Waals surface area contributed by atoms with E-state index in [0.717, 1.165) is 23.5 Å². The minimum atomic E-state index is -0.497. The number of carbonyl (C=O) groups excluding carboxylic acids is 2. The van der Waals surface area contributed by atoms with E-state index in [9.17, 15) is 9.59 Å². The Morgan fingerprint density at radius 2 is 1.81 bits per heavy atom. The fraction of sp³-hybridized carbons (Fsp3) is 0.684. The number of ether oxygens (including phenoxy) is 2. The Kier molecular flexibility index (Phi) is 5.26. The Morgan fingerprint density at radius 1 is 1.15 bits per heavy atom. The second-order valence-electron chi connectivity index (χ2n) is 8.19. The maximum atomic E-state index is 12.3. The van der Waals surface area contributed by atoms with Crippen molar-refractivity contribution in [3.05, 3.63) is 17.6 Å². The van der Waals surface area contributed by atoms with Crippen LogP contribution in [-0.2, 0) is 14.3 Å². The summed E-state index contributed by atoms with van der Waals surface area (Å²) in [4.78, 5) is 36.4. The lowest BCUT2D eigenvalue weighted by Gasteiger charge is -2.37. The number of fused-ring (bicyclic) bond motifs is 1. The molecule has 0 unspecified atom stereocenters. The smallest absolute Gasteiger partial charge is 0.410 e. The van der Waals surface area contributed by atoms with Crippen LogP contribution in [0.15, 0.2) is 6.33 Å². The number of piperazine rings is 1. The standard InChI is InChI=1S/C19H28N4O4/c1-12-10-14(26-13(2)24)16-15(12)17(21-11-20-16)22-6-8-23(9-7-22)18(25)27-19(3,4)5/h11-12,14H,6-10H2,1-5H3/t12-,14+/m1/s1. The van der Waals surface area contributed by atoms with Gasteiger partial charge in [-0.15, -0.1) is 0 Å².